The number of likely N-dealkylation sites (tertiary alicyclic amines) is 2. The van der Waals surface area contributed by atoms with Crippen LogP contribution in [0.3, 0.4) is 0 Å². The van der Waals surface area contributed by atoms with Crippen LogP contribution in [0.1, 0.15) is 48.4 Å². The molecule has 2 fully saturated rings. The van der Waals surface area contributed by atoms with E-state index < -0.39 is 0 Å². The van der Waals surface area contributed by atoms with Crippen LogP contribution >= 0.6 is 15.9 Å². The molecule has 188 valence electrons. The first kappa shape index (κ1) is 24.7. The minimum absolute atomic E-state index is 0.184. The van der Waals surface area contributed by atoms with Gasteiger partial charge in [0.1, 0.15) is 11.6 Å². The van der Waals surface area contributed by atoms with Crippen LogP contribution in [-0.2, 0) is 22.5 Å². The Morgan fingerprint density at radius 3 is 2.80 bits per heavy atom. The van der Waals surface area contributed by atoms with Crippen LogP contribution in [0.15, 0.2) is 34.8 Å². The van der Waals surface area contributed by atoms with Gasteiger partial charge in [-0.15, -0.1) is 0 Å². The van der Waals surface area contributed by atoms with Gasteiger partial charge in [0.05, 0.1) is 19.2 Å². The fourth-order valence-corrected chi connectivity index (χ4v) is 6.29. The average Bonchev–Trinajstić information content (AvgIpc) is 2.85. The zero-order valence-corrected chi connectivity index (χ0v) is 21.9. The molecule has 2 aromatic rings. The largest absolute Gasteiger partial charge is 0.469 e. The fraction of sp³-hybridized carbons (Fsp3) is 0.556. The first-order valence-corrected chi connectivity index (χ1v) is 13.4. The van der Waals surface area contributed by atoms with Gasteiger partial charge in [0, 0.05) is 43.1 Å². The van der Waals surface area contributed by atoms with Crippen LogP contribution in [-0.4, -0.2) is 67.1 Å². The summed E-state index contributed by atoms with van der Waals surface area (Å²) in [6.07, 6.45) is 4.82. The number of methoxy groups -OCH3 is 1. The van der Waals surface area contributed by atoms with Gasteiger partial charge in [0.15, 0.2) is 0 Å². The fourth-order valence-electron chi connectivity index (χ4n) is 5.92. The molecule has 0 bridgehead atoms. The number of esters is 1. The Labute approximate surface area is 215 Å². The van der Waals surface area contributed by atoms with Crippen molar-refractivity contribution in [1.29, 1.82) is 0 Å². The second-order valence-corrected chi connectivity index (χ2v) is 11.3. The lowest BCUT2D eigenvalue weighted by Gasteiger charge is -2.55. The molecule has 1 spiro atoms. The normalized spacial score (nSPS) is 20.5. The average molecular weight is 545 g/mol. The minimum atomic E-state index is -0.302. The monoisotopic (exact) mass is 544 g/mol. The van der Waals surface area contributed by atoms with Gasteiger partial charge in [0.2, 0.25) is 0 Å². The van der Waals surface area contributed by atoms with Crippen molar-refractivity contribution in [2.24, 2.45) is 5.41 Å². The summed E-state index contributed by atoms with van der Waals surface area (Å²) in [5.74, 6) is 0.280. The van der Waals surface area contributed by atoms with E-state index in [1.165, 1.54) is 38.0 Å². The van der Waals surface area contributed by atoms with Crippen molar-refractivity contribution in [3.63, 3.8) is 0 Å². The summed E-state index contributed by atoms with van der Waals surface area (Å²) in [5.41, 5.74) is 3.39. The number of halogens is 2. The summed E-state index contributed by atoms with van der Waals surface area (Å²) in [6, 6.07) is 9.37. The third-order valence-corrected chi connectivity index (χ3v) is 8.38. The Hall–Kier alpha value is -2.03. The maximum absolute atomic E-state index is 14.6. The van der Waals surface area contributed by atoms with Crippen LogP contribution in [0.2, 0.25) is 0 Å². The molecule has 35 heavy (non-hydrogen) atoms. The van der Waals surface area contributed by atoms with E-state index in [9.17, 15) is 9.18 Å². The smallest absolute Gasteiger partial charge is 0.306 e. The minimum Gasteiger partial charge on any atom is -0.469 e. The topological polar surface area (TPSA) is 57.7 Å². The third kappa shape index (κ3) is 5.70. The maximum atomic E-state index is 14.6. The molecule has 5 rings (SSSR count). The Morgan fingerprint density at radius 1 is 1.23 bits per heavy atom. The van der Waals surface area contributed by atoms with Crippen molar-refractivity contribution in [3.05, 3.63) is 57.4 Å². The zero-order valence-electron chi connectivity index (χ0n) is 20.4. The Balaban J connectivity index is 1.15. The molecular weight excluding hydrogens is 511 g/mol. The van der Waals surface area contributed by atoms with Crippen molar-refractivity contribution in [2.75, 3.05) is 51.7 Å². The summed E-state index contributed by atoms with van der Waals surface area (Å²) in [5, 5.41) is 3.44. The van der Waals surface area contributed by atoms with E-state index in [0.29, 0.717) is 17.5 Å². The number of aromatic nitrogens is 1. The van der Waals surface area contributed by atoms with Crippen molar-refractivity contribution >= 4 is 27.7 Å². The number of hydrogen-bond donors (Lipinski definition) is 1. The van der Waals surface area contributed by atoms with Gasteiger partial charge in [-0.25, -0.2) is 9.37 Å². The van der Waals surface area contributed by atoms with E-state index in [4.69, 9.17) is 9.72 Å². The molecule has 0 amide bonds. The number of nitrogens with zero attached hydrogens (tertiary/aromatic N) is 3. The Kier molecular flexibility index (Phi) is 7.42. The number of pyridine rings is 1. The number of ether oxygens (including phenoxy) is 1. The van der Waals surface area contributed by atoms with Gasteiger partial charge in [0.25, 0.3) is 0 Å². The van der Waals surface area contributed by atoms with Gasteiger partial charge >= 0.3 is 5.97 Å². The van der Waals surface area contributed by atoms with Crippen LogP contribution in [0.25, 0.3) is 0 Å². The number of piperidine rings is 1. The number of rotatable bonds is 7. The number of carbonyl (C=O) groups excluding carboxylic acids is 1. The van der Waals surface area contributed by atoms with Crippen molar-refractivity contribution in [1.82, 2.24) is 14.8 Å². The van der Waals surface area contributed by atoms with Gasteiger partial charge < -0.3 is 15.0 Å². The molecule has 1 atom stereocenters. The SMILES string of the molecule is COC(=O)C[C@H](CN1CC2(CCN(Cc3ccc4c(n3)NCCC4)CC2)C1)c1cc(Br)ccc1F. The molecule has 8 heteroatoms. The van der Waals surface area contributed by atoms with Crippen molar-refractivity contribution in [2.45, 2.75) is 44.6 Å². The number of carbonyl (C=O) groups is 1. The number of nitrogens with one attached hydrogen (secondary N) is 1. The molecule has 1 aromatic carbocycles. The summed E-state index contributed by atoms with van der Waals surface area (Å²) in [7, 11) is 1.39. The molecule has 0 saturated carbocycles. The molecular formula is C27H34BrFN4O2. The summed E-state index contributed by atoms with van der Waals surface area (Å²) in [6.45, 7) is 6.75. The maximum Gasteiger partial charge on any atom is 0.306 e. The van der Waals surface area contributed by atoms with Gasteiger partial charge in [-0.2, -0.15) is 0 Å². The summed E-state index contributed by atoms with van der Waals surface area (Å²) < 4.78 is 20.3. The highest BCUT2D eigenvalue weighted by atomic mass is 79.9. The second-order valence-electron chi connectivity index (χ2n) is 10.4. The van der Waals surface area contributed by atoms with Gasteiger partial charge in [-0.3, -0.25) is 9.69 Å². The predicted octanol–water partition coefficient (Wildman–Crippen LogP) is 4.59. The summed E-state index contributed by atoms with van der Waals surface area (Å²) >= 11 is 3.44. The lowest BCUT2D eigenvalue weighted by Crippen LogP contribution is -2.60. The number of hydrogen-bond acceptors (Lipinski definition) is 6. The molecule has 0 unspecified atom stereocenters. The first-order chi connectivity index (χ1) is 16.9. The lowest BCUT2D eigenvalue weighted by atomic mass is 9.71. The van der Waals surface area contributed by atoms with Crippen molar-refractivity contribution < 1.29 is 13.9 Å². The zero-order chi connectivity index (χ0) is 24.4. The Morgan fingerprint density at radius 2 is 2.03 bits per heavy atom. The molecule has 3 aliphatic heterocycles. The lowest BCUT2D eigenvalue weighted by molar-refractivity contribution is -0.141. The number of aryl methyl sites for hydroxylation is 1. The molecule has 3 aliphatic rings. The molecule has 2 saturated heterocycles. The highest BCUT2D eigenvalue weighted by Crippen LogP contribution is 2.42. The molecule has 1 N–H and O–H groups in total. The molecule has 0 radical (unpaired) electrons. The van der Waals surface area contributed by atoms with E-state index in [2.05, 4.69) is 43.2 Å². The Bertz CT molecular complexity index is 1070. The molecule has 1 aromatic heterocycles. The van der Waals surface area contributed by atoms with E-state index in [0.717, 1.165) is 61.7 Å². The van der Waals surface area contributed by atoms with Crippen LogP contribution in [0.4, 0.5) is 10.2 Å². The first-order valence-electron chi connectivity index (χ1n) is 12.6. The molecule has 0 aliphatic carbocycles. The molecule has 6 nitrogen and oxygen atoms in total. The van der Waals surface area contributed by atoms with E-state index >= 15 is 0 Å². The van der Waals surface area contributed by atoms with E-state index in [-0.39, 0.29) is 24.1 Å². The van der Waals surface area contributed by atoms with Crippen molar-refractivity contribution in [3.8, 4) is 0 Å². The second kappa shape index (κ2) is 10.5. The van der Waals surface area contributed by atoms with Gasteiger partial charge in [-0.1, -0.05) is 22.0 Å². The highest BCUT2D eigenvalue weighted by Gasteiger charge is 2.45. The summed E-state index contributed by atoms with van der Waals surface area (Å²) in [4.78, 5) is 21.8. The number of fused-ring (bicyclic) bond motifs is 1. The van der Waals surface area contributed by atoms with Crippen LogP contribution in [0.5, 0.6) is 0 Å². The number of benzene rings is 1. The van der Waals surface area contributed by atoms with E-state index in [1.807, 2.05) is 0 Å². The van der Waals surface area contributed by atoms with Crippen LogP contribution < -0.4 is 5.32 Å². The third-order valence-electron chi connectivity index (χ3n) is 7.89. The number of anilines is 1. The standard InChI is InChI=1S/C27H34BrFN4O2/c1-35-25(34)13-20(23-14-21(28)5-7-24(23)29)15-33-17-27(18-33)8-11-32(12-9-27)16-22-6-4-19-3-2-10-30-26(19)31-22/h4-7,14,20H,2-3,8-13,15-18H2,1H3,(H,30,31)/t20-/m1/s1. The highest BCUT2D eigenvalue weighted by molar-refractivity contribution is 9.10. The van der Waals surface area contributed by atoms with Gasteiger partial charge in [-0.05, 0) is 79.6 Å². The van der Waals surface area contributed by atoms with Crippen LogP contribution in [0, 0.1) is 11.2 Å². The predicted molar refractivity (Wildman–Crippen MR) is 138 cm³/mol. The molecule has 4 heterocycles. The quantitative estimate of drug-likeness (QED) is 0.514. The van der Waals surface area contributed by atoms with E-state index in [1.54, 1.807) is 12.1 Å².